The molecule has 0 N–H and O–H groups in total. The summed E-state index contributed by atoms with van der Waals surface area (Å²) in [6.07, 6.45) is 0. The normalized spacial score (nSPS) is 11.5. The first-order chi connectivity index (χ1) is 14.3. The van der Waals surface area contributed by atoms with Gasteiger partial charge in [0.05, 0.1) is 4.90 Å². The predicted octanol–water partition coefficient (Wildman–Crippen LogP) is 4.43. The molecule has 7 heteroatoms. The number of carbonyl (C=O) groups is 1. The molecule has 156 valence electrons. The summed E-state index contributed by atoms with van der Waals surface area (Å²) in [5.41, 5.74) is 2.40. The van der Waals surface area contributed by atoms with Crippen LogP contribution >= 0.6 is 11.6 Å². The van der Waals surface area contributed by atoms with Crippen LogP contribution in [-0.4, -0.2) is 37.6 Å². The summed E-state index contributed by atoms with van der Waals surface area (Å²) < 4.78 is 26.7. The van der Waals surface area contributed by atoms with Crippen molar-refractivity contribution >= 4 is 27.5 Å². The maximum absolute atomic E-state index is 12.7. The molecule has 0 radical (unpaired) electrons. The van der Waals surface area contributed by atoms with Crippen LogP contribution in [0.4, 0.5) is 0 Å². The van der Waals surface area contributed by atoms with Crippen molar-refractivity contribution < 1.29 is 13.2 Å². The van der Waals surface area contributed by atoms with Crippen molar-refractivity contribution in [2.24, 2.45) is 0 Å². The molecule has 30 heavy (non-hydrogen) atoms. The van der Waals surface area contributed by atoms with E-state index >= 15 is 0 Å². The van der Waals surface area contributed by atoms with Crippen LogP contribution in [0.5, 0.6) is 0 Å². The fraction of sp³-hybridized carbons (Fsp3) is 0.174. The molecule has 0 aliphatic rings. The Morgan fingerprint density at radius 2 is 1.37 bits per heavy atom. The first-order valence-corrected chi connectivity index (χ1v) is 11.2. The third kappa shape index (κ3) is 5.27. The molecular weight excluding hydrogens is 420 g/mol. The topological polar surface area (TPSA) is 57.7 Å². The van der Waals surface area contributed by atoms with Gasteiger partial charge in [-0.25, -0.2) is 8.42 Å². The molecule has 5 nitrogen and oxygen atoms in total. The van der Waals surface area contributed by atoms with Crippen LogP contribution in [0.15, 0.2) is 83.8 Å². The molecule has 3 aromatic rings. The van der Waals surface area contributed by atoms with E-state index in [2.05, 4.69) is 0 Å². The molecule has 0 saturated heterocycles. The van der Waals surface area contributed by atoms with Gasteiger partial charge in [-0.1, -0.05) is 54.1 Å². The third-order valence-corrected chi connectivity index (χ3v) is 6.81. The molecule has 0 bridgehead atoms. The lowest BCUT2D eigenvalue weighted by Gasteiger charge is -2.19. The maximum Gasteiger partial charge on any atom is 0.253 e. The minimum atomic E-state index is -3.63. The Bertz CT molecular complexity index is 1100. The lowest BCUT2D eigenvalue weighted by molar-refractivity contribution is 0.0785. The van der Waals surface area contributed by atoms with Gasteiger partial charge >= 0.3 is 0 Å². The maximum atomic E-state index is 12.7. The molecule has 3 rings (SSSR count). The quantitative estimate of drug-likeness (QED) is 0.543. The molecule has 1 amide bonds. The van der Waals surface area contributed by atoms with Crippen molar-refractivity contribution in [2.45, 2.75) is 18.0 Å². The summed E-state index contributed by atoms with van der Waals surface area (Å²) in [7, 11) is -0.345. The highest BCUT2D eigenvalue weighted by atomic mass is 35.5. The van der Waals surface area contributed by atoms with Gasteiger partial charge in [-0.05, 0) is 47.5 Å². The molecule has 0 heterocycles. The minimum absolute atomic E-state index is 0.0902. The second kappa shape index (κ2) is 9.43. The minimum Gasteiger partial charge on any atom is -0.337 e. The SMILES string of the molecule is CN(Cc1ccccc1)C(=O)c1ccc(CN(C)S(=O)(=O)c2ccc(Cl)cc2)cc1. The smallest absolute Gasteiger partial charge is 0.253 e. The van der Waals surface area contributed by atoms with Gasteiger partial charge in [-0.3, -0.25) is 4.79 Å². The first kappa shape index (κ1) is 22.0. The highest BCUT2D eigenvalue weighted by Crippen LogP contribution is 2.19. The van der Waals surface area contributed by atoms with E-state index in [1.165, 1.54) is 23.5 Å². The number of amides is 1. The monoisotopic (exact) mass is 442 g/mol. The van der Waals surface area contributed by atoms with Crippen molar-refractivity contribution in [2.75, 3.05) is 14.1 Å². The summed E-state index contributed by atoms with van der Waals surface area (Å²) >= 11 is 5.84. The van der Waals surface area contributed by atoms with E-state index in [0.29, 0.717) is 17.1 Å². The molecule has 0 aliphatic carbocycles. The van der Waals surface area contributed by atoms with Crippen molar-refractivity contribution in [1.29, 1.82) is 0 Å². The third-order valence-electron chi connectivity index (χ3n) is 4.74. The molecule has 0 unspecified atom stereocenters. The number of rotatable bonds is 7. The Balaban J connectivity index is 1.66. The Hall–Kier alpha value is -2.67. The molecule has 0 aliphatic heterocycles. The van der Waals surface area contributed by atoms with Gasteiger partial charge in [0.1, 0.15) is 0 Å². The molecule has 0 saturated carbocycles. The van der Waals surface area contributed by atoms with Gasteiger partial charge < -0.3 is 4.90 Å². The van der Waals surface area contributed by atoms with Gasteiger partial charge in [0.2, 0.25) is 10.0 Å². The Morgan fingerprint density at radius 3 is 1.97 bits per heavy atom. The van der Waals surface area contributed by atoms with E-state index in [9.17, 15) is 13.2 Å². The van der Waals surface area contributed by atoms with Gasteiger partial charge in [0, 0.05) is 37.8 Å². The van der Waals surface area contributed by atoms with Gasteiger partial charge in [0.25, 0.3) is 5.91 Å². The first-order valence-electron chi connectivity index (χ1n) is 9.37. The van der Waals surface area contributed by atoms with Crippen LogP contribution in [-0.2, 0) is 23.1 Å². The van der Waals surface area contributed by atoms with E-state index < -0.39 is 10.0 Å². The number of carbonyl (C=O) groups excluding carboxylic acids is 1. The van der Waals surface area contributed by atoms with Crippen molar-refractivity contribution in [3.8, 4) is 0 Å². The zero-order valence-electron chi connectivity index (χ0n) is 16.8. The summed E-state index contributed by atoms with van der Waals surface area (Å²) in [6.45, 7) is 0.711. The highest BCUT2D eigenvalue weighted by molar-refractivity contribution is 7.89. The Labute approximate surface area is 182 Å². The van der Waals surface area contributed by atoms with Crippen LogP contribution in [0.25, 0.3) is 0 Å². The molecule has 0 fully saturated rings. The number of benzene rings is 3. The molecule has 0 atom stereocenters. The second-order valence-electron chi connectivity index (χ2n) is 7.06. The lowest BCUT2D eigenvalue weighted by Crippen LogP contribution is -2.27. The summed E-state index contributed by atoms with van der Waals surface area (Å²) in [5, 5.41) is 0.481. The van der Waals surface area contributed by atoms with E-state index in [1.807, 2.05) is 30.3 Å². The molecule has 0 aromatic heterocycles. The standard InChI is InChI=1S/C23H23ClN2O3S/c1-25(16-18-6-4-3-5-7-18)23(27)20-10-8-19(9-11-20)17-26(2)30(28,29)22-14-12-21(24)13-15-22/h3-15H,16-17H2,1-2H3. The van der Waals surface area contributed by atoms with Crippen molar-refractivity contribution in [3.05, 3.63) is 101 Å². The number of nitrogens with zero attached hydrogens (tertiary/aromatic N) is 2. The fourth-order valence-electron chi connectivity index (χ4n) is 3.03. The van der Waals surface area contributed by atoms with E-state index in [4.69, 9.17) is 11.6 Å². The van der Waals surface area contributed by atoms with Crippen LogP contribution in [0, 0.1) is 0 Å². The average Bonchev–Trinajstić information content (AvgIpc) is 2.74. The van der Waals surface area contributed by atoms with Gasteiger partial charge in [0.15, 0.2) is 0 Å². The molecular formula is C23H23ClN2O3S. The Morgan fingerprint density at radius 1 is 0.800 bits per heavy atom. The number of hydrogen-bond acceptors (Lipinski definition) is 3. The van der Waals surface area contributed by atoms with Crippen molar-refractivity contribution in [1.82, 2.24) is 9.21 Å². The predicted molar refractivity (Wildman–Crippen MR) is 119 cm³/mol. The molecule has 3 aromatic carbocycles. The lowest BCUT2D eigenvalue weighted by atomic mass is 10.1. The average molecular weight is 443 g/mol. The van der Waals surface area contributed by atoms with E-state index in [-0.39, 0.29) is 17.3 Å². The van der Waals surface area contributed by atoms with Gasteiger partial charge in [-0.2, -0.15) is 4.31 Å². The van der Waals surface area contributed by atoms with Crippen molar-refractivity contribution in [3.63, 3.8) is 0 Å². The fourth-order valence-corrected chi connectivity index (χ4v) is 4.32. The van der Waals surface area contributed by atoms with Gasteiger partial charge in [-0.15, -0.1) is 0 Å². The summed E-state index contributed by atoms with van der Waals surface area (Å²) in [5.74, 6) is -0.0902. The number of sulfonamides is 1. The number of halogens is 1. The van der Waals surface area contributed by atoms with E-state index in [1.54, 1.807) is 48.3 Å². The Kier molecular flexibility index (Phi) is 6.92. The molecule has 0 spiro atoms. The summed E-state index contributed by atoms with van der Waals surface area (Å²) in [6, 6.07) is 22.8. The zero-order valence-corrected chi connectivity index (χ0v) is 18.4. The zero-order chi connectivity index (χ0) is 21.7. The summed E-state index contributed by atoms with van der Waals surface area (Å²) in [4.78, 5) is 14.5. The highest BCUT2D eigenvalue weighted by Gasteiger charge is 2.21. The van der Waals surface area contributed by atoms with E-state index in [0.717, 1.165) is 11.1 Å². The van der Waals surface area contributed by atoms with Crippen LogP contribution in [0.3, 0.4) is 0 Å². The number of hydrogen-bond donors (Lipinski definition) is 0. The second-order valence-corrected chi connectivity index (χ2v) is 9.54. The van der Waals surface area contributed by atoms with Crippen LogP contribution < -0.4 is 0 Å². The van der Waals surface area contributed by atoms with Crippen LogP contribution in [0.2, 0.25) is 5.02 Å². The van der Waals surface area contributed by atoms with Crippen LogP contribution in [0.1, 0.15) is 21.5 Å². The largest absolute Gasteiger partial charge is 0.337 e.